The minimum Gasteiger partial charge on any atom is -0.444 e. The predicted molar refractivity (Wildman–Crippen MR) is 178 cm³/mol. The number of carbonyl (C=O) groups excluding carboxylic acids is 3. The lowest BCUT2D eigenvalue weighted by atomic mass is 9.94. The van der Waals surface area contributed by atoms with Crippen molar-refractivity contribution in [2.75, 3.05) is 26.2 Å². The number of likely N-dealkylation sites (tertiary alicyclic amines) is 2. The fourth-order valence-electron chi connectivity index (χ4n) is 6.74. The van der Waals surface area contributed by atoms with Crippen molar-refractivity contribution in [1.82, 2.24) is 24.7 Å². The summed E-state index contributed by atoms with van der Waals surface area (Å²) < 4.78 is 7.32. The first-order chi connectivity index (χ1) is 22.1. The summed E-state index contributed by atoms with van der Waals surface area (Å²) in [5.74, 6) is -0.578. The van der Waals surface area contributed by atoms with Gasteiger partial charge in [-0.15, -0.1) is 0 Å². The molecule has 3 aromatic carbocycles. The molecular formula is C36H43N5O5. The smallest absolute Gasteiger partial charge is 0.410 e. The van der Waals surface area contributed by atoms with E-state index in [0.717, 1.165) is 27.4 Å². The standard InChI is InChI=1S/C36H43N5O5/c1-36(2,3)46-35(45)40-18-14-26(15-19-40)32(42)37-30(23-24-12-13-25-8-4-5-9-27(25)22-24)33(43)39-20-16-28(17-21-39)41-31-11-7-6-10-29(31)38-34(41)44/h4-13,22,26,28,30H,14-21,23H2,1-3H3,(H,37,42)(H,38,44). The highest BCUT2D eigenvalue weighted by Gasteiger charge is 2.34. The van der Waals surface area contributed by atoms with Gasteiger partial charge in [-0.25, -0.2) is 9.59 Å². The van der Waals surface area contributed by atoms with Gasteiger partial charge >= 0.3 is 11.8 Å². The van der Waals surface area contributed by atoms with Crippen LogP contribution in [0.4, 0.5) is 4.79 Å². The number of fused-ring (bicyclic) bond motifs is 2. The number of imidazole rings is 1. The van der Waals surface area contributed by atoms with Crippen molar-refractivity contribution in [2.45, 2.75) is 70.6 Å². The number of amides is 3. The molecule has 3 heterocycles. The van der Waals surface area contributed by atoms with E-state index in [2.05, 4.69) is 22.4 Å². The molecule has 0 aliphatic carbocycles. The predicted octanol–water partition coefficient (Wildman–Crippen LogP) is 5.02. The number of aromatic amines is 1. The Balaban J connectivity index is 1.15. The molecule has 0 radical (unpaired) electrons. The van der Waals surface area contributed by atoms with Gasteiger partial charge in [-0.3, -0.25) is 14.2 Å². The minimum absolute atomic E-state index is 0.0172. The number of piperidine rings is 2. The number of hydrogen-bond acceptors (Lipinski definition) is 5. The highest BCUT2D eigenvalue weighted by atomic mass is 16.6. The summed E-state index contributed by atoms with van der Waals surface area (Å²) in [4.78, 5) is 59.5. The quantitative estimate of drug-likeness (QED) is 0.312. The van der Waals surface area contributed by atoms with Gasteiger partial charge in [0, 0.05) is 44.6 Å². The molecule has 0 spiro atoms. The Morgan fingerprint density at radius 3 is 2.24 bits per heavy atom. The van der Waals surface area contributed by atoms with Crippen LogP contribution in [0.5, 0.6) is 0 Å². The fourth-order valence-corrected chi connectivity index (χ4v) is 6.74. The number of benzene rings is 3. The molecule has 0 saturated carbocycles. The van der Waals surface area contributed by atoms with Gasteiger partial charge in [0.1, 0.15) is 11.6 Å². The Morgan fingerprint density at radius 2 is 1.52 bits per heavy atom. The Morgan fingerprint density at radius 1 is 0.870 bits per heavy atom. The first-order valence-corrected chi connectivity index (χ1v) is 16.3. The second kappa shape index (κ2) is 13.0. The number of carbonyl (C=O) groups is 3. The van der Waals surface area contributed by atoms with Gasteiger partial charge in [0.05, 0.1) is 11.0 Å². The van der Waals surface area contributed by atoms with E-state index in [9.17, 15) is 19.2 Å². The van der Waals surface area contributed by atoms with E-state index in [1.807, 2.05) is 84.8 Å². The summed E-state index contributed by atoms with van der Waals surface area (Å²) in [6, 6.07) is 21.1. The molecule has 1 aromatic heterocycles. The van der Waals surface area contributed by atoms with Crippen molar-refractivity contribution in [3.8, 4) is 0 Å². The second-order valence-corrected chi connectivity index (χ2v) is 13.6. The number of aromatic nitrogens is 2. The Labute approximate surface area is 268 Å². The number of ether oxygens (including phenoxy) is 1. The summed E-state index contributed by atoms with van der Waals surface area (Å²) in [6.07, 6.45) is 2.31. The van der Waals surface area contributed by atoms with Gasteiger partial charge < -0.3 is 24.8 Å². The number of hydrogen-bond donors (Lipinski definition) is 2. The van der Waals surface area contributed by atoms with Crippen LogP contribution in [0.3, 0.4) is 0 Å². The largest absolute Gasteiger partial charge is 0.444 e. The van der Waals surface area contributed by atoms with Gasteiger partial charge in [0.25, 0.3) is 0 Å². The number of nitrogens with one attached hydrogen (secondary N) is 2. The highest BCUT2D eigenvalue weighted by molar-refractivity contribution is 5.89. The normalized spacial score (nSPS) is 17.3. The summed E-state index contributed by atoms with van der Waals surface area (Å²) in [5.41, 5.74) is 1.93. The lowest BCUT2D eigenvalue weighted by Crippen LogP contribution is -2.54. The van der Waals surface area contributed by atoms with Crippen LogP contribution < -0.4 is 11.0 Å². The molecule has 10 heteroatoms. The van der Waals surface area contributed by atoms with E-state index < -0.39 is 11.6 Å². The summed E-state index contributed by atoms with van der Waals surface area (Å²) >= 11 is 0. The zero-order valence-electron chi connectivity index (χ0n) is 26.8. The van der Waals surface area contributed by atoms with E-state index in [1.165, 1.54) is 0 Å². The lowest BCUT2D eigenvalue weighted by molar-refractivity contribution is -0.138. The SMILES string of the molecule is CC(C)(C)OC(=O)N1CCC(C(=O)NC(Cc2ccc3ccccc3c2)C(=O)N2CCC(n3c(=O)[nH]c4ccccc43)CC2)CC1. The molecule has 0 bridgehead atoms. The van der Waals surface area contributed by atoms with Crippen LogP contribution in [0, 0.1) is 5.92 Å². The number of nitrogens with zero attached hydrogens (tertiary/aromatic N) is 3. The van der Waals surface area contributed by atoms with Crippen molar-refractivity contribution >= 4 is 39.7 Å². The van der Waals surface area contributed by atoms with Crippen LogP contribution in [0.2, 0.25) is 0 Å². The van der Waals surface area contributed by atoms with Gasteiger partial charge in [-0.1, -0.05) is 54.6 Å². The van der Waals surface area contributed by atoms with Gasteiger partial charge in [-0.2, -0.15) is 0 Å². The third kappa shape index (κ3) is 6.95. The molecule has 46 heavy (non-hydrogen) atoms. The topological polar surface area (TPSA) is 117 Å². The monoisotopic (exact) mass is 625 g/mol. The zero-order chi connectivity index (χ0) is 32.4. The van der Waals surface area contributed by atoms with Crippen LogP contribution in [0.15, 0.2) is 71.5 Å². The maximum Gasteiger partial charge on any atom is 0.410 e. The van der Waals surface area contributed by atoms with Crippen LogP contribution in [0.25, 0.3) is 21.8 Å². The van der Waals surface area contributed by atoms with E-state index in [0.29, 0.717) is 58.3 Å². The summed E-state index contributed by atoms with van der Waals surface area (Å²) in [7, 11) is 0. The Hall–Kier alpha value is -4.60. The van der Waals surface area contributed by atoms with E-state index in [-0.39, 0.29) is 35.6 Å². The van der Waals surface area contributed by atoms with Crippen molar-refractivity contribution in [3.63, 3.8) is 0 Å². The van der Waals surface area contributed by atoms with Gasteiger partial charge in [0.2, 0.25) is 11.8 Å². The third-order valence-electron chi connectivity index (χ3n) is 9.15. The molecular weight excluding hydrogens is 582 g/mol. The molecule has 3 amide bonds. The maximum absolute atomic E-state index is 14.1. The molecule has 4 aromatic rings. The first kappa shape index (κ1) is 31.4. The molecule has 2 aliphatic heterocycles. The molecule has 2 fully saturated rings. The Bertz CT molecular complexity index is 1790. The summed E-state index contributed by atoms with van der Waals surface area (Å²) in [6.45, 7) is 7.35. The van der Waals surface area contributed by atoms with Crippen LogP contribution in [-0.2, 0) is 20.7 Å². The molecule has 242 valence electrons. The molecule has 1 atom stereocenters. The molecule has 1 unspecified atom stereocenters. The average molecular weight is 626 g/mol. The van der Waals surface area contributed by atoms with Crippen LogP contribution in [0.1, 0.15) is 58.1 Å². The minimum atomic E-state index is -0.732. The highest BCUT2D eigenvalue weighted by Crippen LogP contribution is 2.26. The van der Waals surface area contributed by atoms with Crippen molar-refractivity contribution in [2.24, 2.45) is 5.92 Å². The molecule has 6 rings (SSSR count). The third-order valence-corrected chi connectivity index (χ3v) is 9.15. The average Bonchev–Trinajstić information content (AvgIpc) is 3.39. The van der Waals surface area contributed by atoms with Crippen molar-refractivity contribution < 1.29 is 19.1 Å². The molecule has 10 nitrogen and oxygen atoms in total. The van der Waals surface area contributed by atoms with Gasteiger partial charge in [-0.05, 0) is 74.9 Å². The Kier molecular flexibility index (Phi) is 8.88. The number of H-pyrrole nitrogens is 1. The van der Waals surface area contributed by atoms with E-state index in [1.54, 1.807) is 4.90 Å². The van der Waals surface area contributed by atoms with Crippen LogP contribution >= 0.6 is 0 Å². The van der Waals surface area contributed by atoms with Crippen LogP contribution in [-0.4, -0.2) is 75.1 Å². The van der Waals surface area contributed by atoms with Gasteiger partial charge in [0.15, 0.2) is 0 Å². The summed E-state index contributed by atoms with van der Waals surface area (Å²) in [5, 5.41) is 5.31. The fraction of sp³-hybridized carbons (Fsp3) is 0.444. The number of rotatable bonds is 6. The molecule has 2 aliphatic rings. The molecule has 2 saturated heterocycles. The first-order valence-electron chi connectivity index (χ1n) is 16.3. The molecule has 2 N–H and O–H groups in total. The second-order valence-electron chi connectivity index (χ2n) is 13.6. The zero-order valence-corrected chi connectivity index (χ0v) is 26.8. The van der Waals surface area contributed by atoms with E-state index in [4.69, 9.17) is 4.74 Å². The van der Waals surface area contributed by atoms with E-state index >= 15 is 0 Å². The number of para-hydroxylation sites is 2. The lowest BCUT2D eigenvalue weighted by Gasteiger charge is -2.36. The van der Waals surface area contributed by atoms with Crippen molar-refractivity contribution in [3.05, 3.63) is 82.8 Å². The maximum atomic E-state index is 14.1. The van der Waals surface area contributed by atoms with Crippen molar-refractivity contribution in [1.29, 1.82) is 0 Å².